The molecule has 0 unspecified atom stereocenters. The molecule has 1 rings (SSSR count). The first kappa shape index (κ1) is 22.4. The van der Waals surface area contributed by atoms with Gasteiger partial charge in [0, 0.05) is 51.1 Å². The minimum Gasteiger partial charge on any atom is -1.00 e. The molecule has 0 aromatic carbocycles. The van der Waals surface area contributed by atoms with Gasteiger partial charge in [-0.2, -0.15) is 0 Å². The van der Waals surface area contributed by atoms with Crippen molar-refractivity contribution in [3.8, 4) is 0 Å². The second-order valence-electron chi connectivity index (χ2n) is 0.671. The summed E-state index contributed by atoms with van der Waals surface area (Å²) < 4.78 is 0. The molecule has 0 saturated carbocycles. The maximum atomic E-state index is 2.85. The van der Waals surface area contributed by atoms with Gasteiger partial charge >= 0.3 is 0 Å². The first-order valence-electron chi connectivity index (χ1n) is 1.32. The van der Waals surface area contributed by atoms with E-state index < -0.39 is 0 Å². The van der Waals surface area contributed by atoms with Crippen LogP contribution in [0.25, 0.3) is 0 Å². The van der Waals surface area contributed by atoms with E-state index in [1.807, 2.05) is 12.2 Å². The van der Waals surface area contributed by atoms with Crippen LogP contribution in [0, 0.1) is 0 Å². The zero-order valence-corrected chi connectivity index (χ0v) is 14.7. The van der Waals surface area contributed by atoms with Crippen LogP contribution in [0.15, 0.2) is 12.2 Å². The fourth-order valence-electron chi connectivity index (χ4n) is 0.170. The Kier molecular flexibility index (Phi) is 40.8. The topological polar surface area (TPSA) is 0 Å². The van der Waals surface area contributed by atoms with Gasteiger partial charge in [0.15, 0.2) is 0 Å². The normalized spacial score (nSPS) is 7.11. The third-order valence-electron chi connectivity index (χ3n) is 0.337. The van der Waals surface area contributed by atoms with E-state index in [0.29, 0.717) is 0 Å². The fourth-order valence-corrected chi connectivity index (χ4v) is 0.510. The molecule has 1 aliphatic rings. The van der Waals surface area contributed by atoms with Crippen LogP contribution in [-0.4, -0.2) is 10.0 Å². The molecular formula is C4H2Br2SZn2-2. The second kappa shape index (κ2) is 16.4. The maximum Gasteiger partial charge on any atom is 0.00000311 e. The van der Waals surface area contributed by atoms with E-state index in [1.165, 1.54) is 10.9 Å². The first-order chi connectivity index (χ1) is 2.50. The average Bonchev–Trinajstić information content (AvgIpc) is 1.76. The van der Waals surface area contributed by atoms with Gasteiger partial charge < -0.3 is 34.0 Å². The molecule has 0 spiro atoms. The van der Waals surface area contributed by atoms with Gasteiger partial charge in [0.05, 0.1) is 0 Å². The summed E-state index contributed by atoms with van der Waals surface area (Å²) in [6.07, 6.45) is 3.68. The van der Waals surface area contributed by atoms with Crippen LogP contribution in [0.5, 0.6) is 0 Å². The van der Waals surface area contributed by atoms with Crippen LogP contribution in [0.1, 0.15) is 0 Å². The van der Waals surface area contributed by atoms with Gasteiger partial charge in [-0.3, -0.25) is 0 Å². The Morgan fingerprint density at radius 1 is 0.889 bits per heavy atom. The van der Waals surface area contributed by atoms with E-state index in [4.69, 9.17) is 0 Å². The molecule has 5 heteroatoms. The number of halogens is 2. The molecule has 44 valence electrons. The molecule has 0 N–H and O–H groups in total. The maximum absolute atomic E-state index is 2.85. The first-order valence-corrected chi connectivity index (χ1v) is 2.14. The molecule has 0 atom stereocenters. The molecule has 0 bridgehead atoms. The Morgan fingerprint density at radius 3 is 1.33 bits per heavy atom. The Bertz CT molecular complexity index is 145. The van der Waals surface area contributed by atoms with Gasteiger partial charge in [0.1, 0.15) is 0 Å². The molecule has 0 fully saturated rings. The van der Waals surface area contributed by atoms with Crippen molar-refractivity contribution in [3.05, 3.63) is 12.2 Å². The van der Waals surface area contributed by atoms with Crippen LogP contribution < -0.4 is 34.0 Å². The van der Waals surface area contributed by atoms with Crippen molar-refractivity contribution in [1.29, 1.82) is 0 Å². The summed E-state index contributed by atoms with van der Waals surface area (Å²) in [4.78, 5) is 0. The molecule has 1 aliphatic heterocycles. The van der Waals surface area contributed by atoms with Crippen LogP contribution in [0.3, 0.4) is 0 Å². The van der Waals surface area contributed by atoms with Gasteiger partial charge in [0.2, 0.25) is 0 Å². The van der Waals surface area contributed by atoms with Crippen LogP contribution in [0.4, 0.5) is 0 Å². The van der Waals surface area contributed by atoms with E-state index >= 15 is 0 Å². The largest absolute Gasteiger partial charge is 1.00 e. The number of rotatable bonds is 0. The smallest absolute Gasteiger partial charge is 0.00000311 e. The predicted molar refractivity (Wildman–Crippen MR) is 26.7 cm³/mol. The Morgan fingerprint density at radius 2 is 1.22 bits per heavy atom. The van der Waals surface area contributed by atoms with Crippen LogP contribution in [0.2, 0.25) is 0 Å². The molecule has 0 radical (unpaired) electrons. The summed E-state index contributed by atoms with van der Waals surface area (Å²) in [7, 11) is 1.46. The molecule has 0 aliphatic carbocycles. The number of hydrogen-bond donors (Lipinski definition) is 0. The van der Waals surface area contributed by atoms with Crippen molar-refractivity contribution >= 4 is 21.0 Å². The van der Waals surface area contributed by atoms with Gasteiger partial charge in [-0.05, 0) is 21.0 Å². The monoisotopic (exact) mass is 368 g/mol. The van der Waals surface area contributed by atoms with Crippen molar-refractivity contribution in [1.82, 2.24) is 0 Å². The zero-order valence-electron chi connectivity index (χ0n) is 4.73. The SMILES string of the molecule is C1=CC=C=S=1.[Br-].[Br-].[Zn].[Zn]. The molecule has 0 aromatic heterocycles. The van der Waals surface area contributed by atoms with Gasteiger partial charge in [-0.25, -0.2) is 0 Å². The minimum atomic E-state index is 0. The van der Waals surface area contributed by atoms with E-state index in [2.05, 4.69) is 10.0 Å². The fraction of sp³-hybridized carbons (Fsp3) is 0. The second-order valence-corrected chi connectivity index (χ2v) is 1.35. The molecule has 0 aromatic rings. The van der Waals surface area contributed by atoms with Crippen molar-refractivity contribution < 1.29 is 72.9 Å². The van der Waals surface area contributed by atoms with Crippen molar-refractivity contribution in [3.63, 3.8) is 0 Å². The summed E-state index contributed by atoms with van der Waals surface area (Å²) in [5.74, 6) is 0. The average molecular weight is 373 g/mol. The summed E-state index contributed by atoms with van der Waals surface area (Å²) in [5, 5.41) is 5.69. The van der Waals surface area contributed by atoms with Crippen molar-refractivity contribution in [2.75, 3.05) is 0 Å². The molecule has 0 nitrogen and oxygen atoms in total. The summed E-state index contributed by atoms with van der Waals surface area (Å²) in [6.45, 7) is 0. The summed E-state index contributed by atoms with van der Waals surface area (Å²) >= 11 is 0. The third-order valence-corrected chi connectivity index (χ3v) is 0.845. The molecule has 0 amide bonds. The Labute approximate surface area is 105 Å². The third kappa shape index (κ3) is 12.8. The van der Waals surface area contributed by atoms with Crippen LogP contribution >= 0.6 is 10.9 Å². The predicted octanol–water partition coefficient (Wildman–Crippen LogP) is -5.35. The Balaban J connectivity index is -0.0000000312. The van der Waals surface area contributed by atoms with E-state index in [9.17, 15) is 0 Å². The summed E-state index contributed by atoms with van der Waals surface area (Å²) in [6, 6.07) is 0. The molecule has 0 saturated heterocycles. The standard InChI is InChI=1S/C4H2S.2BrH.2Zn/c1-2-4-5-3-1;;;;/h1-2H;2*1H;;/p-2. The van der Waals surface area contributed by atoms with Crippen molar-refractivity contribution in [2.45, 2.75) is 0 Å². The Hall–Kier alpha value is 1.73. The number of hydrogen-bond acceptors (Lipinski definition) is 0. The molecule has 9 heavy (non-hydrogen) atoms. The zero-order chi connectivity index (χ0) is 3.54. The summed E-state index contributed by atoms with van der Waals surface area (Å²) in [5.41, 5.74) is 0. The van der Waals surface area contributed by atoms with Gasteiger partial charge in [-0.15, -0.1) is 0 Å². The van der Waals surface area contributed by atoms with Gasteiger partial charge in [0.25, 0.3) is 0 Å². The quantitative estimate of drug-likeness (QED) is 0.294. The number of allylic oxidation sites excluding steroid dienone is 2. The van der Waals surface area contributed by atoms with Gasteiger partial charge in [-0.1, -0.05) is 0 Å². The van der Waals surface area contributed by atoms with Crippen molar-refractivity contribution in [2.24, 2.45) is 0 Å². The minimum absolute atomic E-state index is 0. The molecule has 1 heterocycles. The molecular weight excluding hydrogens is 371 g/mol. The van der Waals surface area contributed by atoms with E-state index in [1.54, 1.807) is 0 Å². The van der Waals surface area contributed by atoms with Crippen LogP contribution in [-0.2, 0) is 39.0 Å². The van der Waals surface area contributed by atoms with E-state index in [0.717, 1.165) is 0 Å². The van der Waals surface area contributed by atoms with E-state index in [-0.39, 0.29) is 72.9 Å².